The lowest BCUT2D eigenvalue weighted by Gasteiger charge is -2.24. The number of rotatable bonds is 3. The lowest BCUT2D eigenvalue weighted by molar-refractivity contribution is 0.863. The van der Waals surface area contributed by atoms with Crippen molar-refractivity contribution in [1.29, 1.82) is 0 Å². The molecule has 0 aliphatic rings. The number of aromatic amines is 1. The second kappa shape index (κ2) is 4.62. The lowest BCUT2D eigenvalue weighted by Crippen LogP contribution is -2.26. The molecule has 17 heavy (non-hydrogen) atoms. The van der Waals surface area contributed by atoms with Crippen molar-refractivity contribution in [3.8, 4) is 0 Å². The molecule has 0 saturated heterocycles. The molecule has 0 saturated carbocycles. The van der Waals surface area contributed by atoms with E-state index in [0.29, 0.717) is 0 Å². The quantitative estimate of drug-likeness (QED) is 0.880. The van der Waals surface area contributed by atoms with Crippen LogP contribution < -0.4 is 10.5 Å². The Morgan fingerprint density at radius 1 is 1.18 bits per heavy atom. The Morgan fingerprint density at radius 3 is 2.47 bits per heavy atom. The summed E-state index contributed by atoms with van der Waals surface area (Å²) in [6.07, 6.45) is 0. The zero-order valence-electron chi connectivity index (χ0n) is 10.6. The predicted molar refractivity (Wildman–Crippen MR) is 72.9 cm³/mol. The van der Waals surface area contributed by atoms with Crippen LogP contribution in [0.5, 0.6) is 0 Å². The maximum absolute atomic E-state index is 11.9. The van der Waals surface area contributed by atoms with Gasteiger partial charge in [-0.3, -0.25) is 4.79 Å². The van der Waals surface area contributed by atoms with Crippen LogP contribution in [0, 0.1) is 6.92 Å². The van der Waals surface area contributed by atoms with Crippen LogP contribution in [0.1, 0.15) is 19.4 Å². The summed E-state index contributed by atoms with van der Waals surface area (Å²) in [4.78, 5) is 17.1. The SMILES string of the molecule is CCN(CC)c1c(C)c(=O)[nH]c2ccccc12. The molecule has 0 fully saturated rings. The van der Waals surface area contributed by atoms with Crippen LogP contribution in [-0.4, -0.2) is 18.1 Å². The van der Waals surface area contributed by atoms with Crippen LogP contribution in [0.4, 0.5) is 5.69 Å². The molecule has 2 rings (SSSR count). The fraction of sp³-hybridized carbons (Fsp3) is 0.357. The second-order valence-corrected chi connectivity index (χ2v) is 4.15. The van der Waals surface area contributed by atoms with Crippen LogP contribution in [0.25, 0.3) is 10.9 Å². The van der Waals surface area contributed by atoms with E-state index < -0.39 is 0 Å². The van der Waals surface area contributed by atoms with Crippen molar-refractivity contribution in [2.24, 2.45) is 0 Å². The Bertz CT molecular complexity index is 582. The molecule has 1 aromatic carbocycles. The van der Waals surface area contributed by atoms with Gasteiger partial charge >= 0.3 is 0 Å². The molecular weight excluding hydrogens is 212 g/mol. The Balaban J connectivity index is 2.82. The first-order valence-electron chi connectivity index (χ1n) is 6.05. The average molecular weight is 230 g/mol. The number of fused-ring (bicyclic) bond motifs is 1. The van der Waals surface area contributed by atoms with Crippen molar-refractivity contribution in [2.75, 3.05) is 18.0 Å². The molecule has 0 aliphatic heterocycles. The molecule has 1 heterocycles. The van der Waals surface area contributed by atoms with E-state index in [9.17, 15) is 4.79 Å². The van der Waals surface area contributed by atoms with Crippen molar-refractivity contribution in [3.05, 3.63) is 40.2 Å². The smallest absolute Gasteiger partial charge is 0.253 e. The molecule has 0 spiro atoms. The molecule has 90 valence electrons. The monoisotopic (exact) mass is 230 g/mol. The predicted octanol–water partition coefficient (Wildman–Crippen LogP) is 2.68. The number of aromatic nitrogens is 1. The Hall–Kier alpha value is -1.77. The second-order valence-electron chi connectivity index (χ2n) is 4.15. The fourth-order valence-corrected chi connectivity index (χ4v) is 2.27. The highest BCUT2D eigenvalue weighted by Crippen LogP contribution is 2.26. The zero-order valence-corrected chi connectivity index (χ0v) is 10.6. The maximum atomic E-state index is 11.9. The van der Waals surface area contributed by atoms with Gasteiger partial charge in [-0.2, -0.15) is 0 Å². The van der Waals surface area contributed by atoms with Gasteiger partial charge in [-0.25, -0.2) is 0 Å². The maximum Gasteiger partial charge on any atom is 0.253 e. The fourth-order valence-electron chi connectivity index (χ4n) is 2.27. The van der Waals surface area contributed by atoms with Crippen LogP contribution in [0.3, 0.4) is 0 Å². The summed E-state index contributed by atoms with van der Waals surface area (Å²) in [6, 6.07) is 7.96. The molecule has 3 nitrogen and oxygen atoms in total. The zero-order chi connectivity index (χ0) is 12.4. The molecule has 1 N–H and O–H groups in total. The van der Waals surface area contributed by atoms with E-state index in [4.69, 9.17) is 0 Å². The van der Waals surface area contributed by atoms with Gasteiger partial charge in [-0.1, -0.05) is 18.2 Å². The number of H-pyrrole nitrogens is 1. The Labute approximate surface area is 101 Å². The molecule has 0 aliphatic carbocycles. The standard InChI is InChI=1S/C14H18N2O/c1-4-16(5-2)13-10(3)14(17)15-12-9-7-6-8-11(12)13/h6-9H,4-5H2,1-3H3,(H,15,17). The minimum Gasteiger partial charge on any atom is -0.371 e. The molecule has 0 unspecified atom stereocenters. The highest BCUT2D eigenvalue weighted by atomic mass is 16.1. The number of nitrogens with one attached hydrogen (secondary N) is 1. The minimum absolute atomic E-state index is 0.00519. The minimum atomic E-state index is 0.00519. The van der Waals surface area contributed by atoms with Gasteiger partial charge in [0.05, 0.1) is 11.2 Å². The number of hydrogen-bond acceptors (Lipinski definition) is 2. The normalized spacial score (nSPS) is 10.8. The van der Waals surface area contributed by atoms with Gasteiger partial charge in [0.15, 0.2) is 0 Å². The highest BCUT2D eigenvalue weighted by molar-refractivity contribution is 5.93. The molecule has 0 radical (unpaired) electrons. The van der Waals surface area contributed by atoms with E-state index in [0.717, 1.165) is 35.2 Å². The van der Waals surface area contributed by atoms with Gasteiger partial charge in [-0.15, -0.1) is 0 Å². The largest absolute Gasteiger partial charge is 0.371 e. The number of hydrogen-bond donors (Lipinski definition) is 1. The van der Waals surface area contributed by atoms with Crippen LogP contribution in [-0.2, 0) is 0 Å². The van der Waals surface area contributed by atoms with Gasteiger partial charge in [-0.05, 0) is 26.8 Å². The molecular formula is C14H18N2O. The lowest BCUT2D eigenvalue weighted by atomic mass is 10.1. The van der Waals surface area contributed by atoms with Crippen molar-refractivity contribution in [2.45, 2.75) is 20.8 Å². The average Bonchev–Trinajstić information content (AvgIpc) is 2.35. The molecule has 0 atom stereocenters. The summed E-state index contributed by atoms with van der Waals surface area (Å²) >= 11 is 0. The van der Waals surface area contributed by atoms with E-state index in [1.165, 1.54) is 0 Å². The van der Waals surface area contributed by atoms with Gasteiger partial charge in [0.2, 0.25) is 0 Å². The number of anilines is 1. The van der Waals surface area contributed by atoms with Crippen molar-refractivity contribution < 1.29 is 0 Å². The Morgan fingerprint density at radius 2 is 1.82 bits per heavy atom. The van der Waals surface area contributed by atoms with E-state index in [1.807, 2.05) is 25.1 Å². The summed E-state index contributed by atoms with van der Waals surface area (Å²) < 4.78 is 0. The summed E-state index contributed by atoms with van der Waals surface area (Å²) in [5.41, 5.74) is 2.78. The molecule has 3 heteroatoms. The summed E-state index contributed by atoms with van der Waals surface area (Å²) in [5, 5.41) is 1.12. The number of nitrogens with zero attached hydrogens (tertiary/aromatic N) is 1. The van der Waals surface area contributed by atoms with Crippen LogP contribution in [0.15, 0.2) is 29.1 Å². The van der Waals surface area contributed by atoms with E-state index >= 15 is 0 Å². The third-order valence-corrected chi connectivity index (χ3v) is 3.21. The van der Waals surface area contributed by atoms with Gasteiger partial charge in [0.25, 0.3) is 5.56 Å². The first-order chi connectivity index (χ1) is 8.19. The molecule has 0 amide bonds. The Kier molecular flexibility index (Phi) is 3.18. The van der Waals surface area contributed by atoms with Crippen molar-refractivity contribution >= 4 is 16.6 Å². The van der Waals surface area contributed by atoms with Crippen LogP contribution >= 0.6 is 0 Å². The van der Waals surface area contributed by atoms with Crippen LogP contribution in [0.2, 0.25) is 0 Å². The summed E-state index contributed by atoms with van der Waals surface area (Å²) in [5.74, 6) is 0. The summed E-state index contributed by atoms with van der Waals surface area (Å²) in [7, 11) is 0. The number of pyridine rings is 1. The third-order valence-electron chi connectivity index (χ3n) is 3.21. The number of para-hydroxylation sites is 1. The van der Waals surface area contributed by atoms with E-state index in [2.05, 4.69) is 29.8 Å². The molecule has 1 aromatic heterocycles. The summed E-state index contributed by atoms with van der Waals surface area (Å²) in [6.45, 7) is 7.92. The third kappa shape index (κ3) is 1.93. The first-order valence-corrected chi connectivity index (χ1v) is 6.05. The van der Waals surface area contributed by atoms with Gasteiger partial charge < -0.3 is 9.88 Å². The molecule has 2 aromatic rings. The molecule has 0 bridgehead atoms. The van der Waals surface area contributed by atoms with Crippen molar-refractivity contribution in [1.82, 2.24) is 4.98 Å². The van der Waals surface area contributed by atoms with Crippen molar-refractivity contribution in [3.63, 3.8) is 0 Å². The van der Waals surface area contributed by atoms with E-state index in [1.54, 1.807) is 0 Å². The highest BCUT2D eigenvalue weighted by Gasteiger charge is 2.12. The topological polar surface area (TPSA) is 36.1 Å². The van der Waals surface area contributed by atoms with Gasteiger partial charge in [0, 0.05) is 24.0 Å². The van der Waals surface area contributed by atoms with Gasteiger partial charge in [0.1, 0.15) is 0 Å². The number of benzene rings is 1. The van der Waals surface area contributed by atoms with E-state index in [-0.39, 0.29) is 5.56 Å². The first kappa shape index (κ1) is 11.7.